The zero-order chi connectivity index (χ0) is 19.4. The third-order valence-electron chi connectivity index (χ3n) is 4.95. The van der Waals surface area contributed by atoms with Gasteiger partial charge in [0.1, 0.15) is 12.3 Å². The summed E-state index contributed by atoms with van der Waals surface area (Å²) in [6.07, 6.45) is 1.14. The largest absolute Gasteiger partial charge is 0.466 e. The molecule has 2 aromatic rings. The summed E-state index contributed by atoms with van der Waals surface area (Å²) < 4.78 is 16.4. The second kappa shape index (κ2) is 8.54. The highest BCUT2D eigenvalue weighted by Gasteiger charge is 2.25. The highest BCUT2D eigenvalue weighted by molar-refractivity contribution is 5.86. The fourth-order valence-corrected chi connectivity index (χ4v) is 3.51. The lowest BCUT2D eigenvalue weighted by Gasteiger charge is -2.26. The third-order valence-corrected chi connectivity index (χ3v) is 4.95. The van der Waals surface area contributed by atoms with Crippen molar-refractivity contribution < 1.29 is 28.7 Å². The summed E-state index contributed by atoms with van der Waals surface area (Å²) in [6, 6.07) is 3.81. The summed E-state index contributed by atoms with van der Waals surface area (Å²) in [5, 5.41) is 9.90. The fraction of sp³-hybridized carbons (Fsp3) is 0.500. The Hall–Kier alpha value is -2.38. The number of aliphatic hydroxyl groups excluding tert-OH is 1. The van der Waals surface area contributed by atoms with Gasteiger partial charge in [-0.15, -0.1) is 0 Å². The molecule has 0 bridgehead atoms. The maximum atomic E-state index is 12.6. The lowest BCUT2D eigenvalue weighted by Crippen LogP contribution is -3.12. The fourth-order valence-electron chi connectivity index (χ4n) is 3.51. The van der Waals surface area contributed by atoms with E-state index in [4.69, 9.17) is 19.0 Å². The summed E-state index contributed by atoms with van der Waals surface area (Å²) in [6.45, 7) is 6.09. The lowest BCUT2D eigenvalue weighted by atomic mass is 9.99. The Morgan fingerprint density at radius 2 is 2.19 bits per heavy atom. The van der Waals surface area contributed by atoms with Gasteiger partial charge in [-0.05, 0) is 38.0 Å². The van der Waals surface area contributed by atoms with Crippen LogP contribution in [0.15, 0.2) is 21.3 Å². The zero-order valence-electron chi connectivity index (χ0n) is 15.8. The number of hydrogen-bond donors (Lipinski definition) is 2. The maximum Gasteiger partial charge on any atom is 0.339 e. The van der Waals surface area contributed by atoms with Crippen LogP contribution in [0.5, 0.6) is 5.75 Å². The normalized spacial score (nSPS) is 16.0. The van der Waals surface area contributed by atoms with E-state index < -0.39 is 5.63 Å². The van der Waals surface area contributed by atoms with Crippen LogP contribution in [0.4, 0.5) is 0 Å². The van der Waals surface area contributed by atoms with Crippen LogP contribution < -0.4 is 15.3 Å². The SMILES string of the molecule is CCOC(=O)CCc1c(C)c2ccc3c(c2oc1=O)C[NH+](CCCO)CO3. The Balaban J connectivity index is 1.94. The topological polar surface area (TPSA) is 90.4 Å². The van der Waals surface area contributed by atoms with Crippen molar-refractivity contribution in [3.05, 3.63) is 39.2 Å². The van der Waals surface area contributed by atoms with Gasteiger partial charge in [0.25, 0.3) is 0 Å². The Morgan fingerprint density at radius 1 is 1.37 bits per heavy atom. The molecule has 1 aromatic heterocycles. The molecule has 2 N–H and O–H groups in total. The standard InChI is InChI=1S/C20H25NO6/c1-3-25-18(23)8-6-15-13(2)14-5-7-17-16(19(14)27-20(15)24)11-21(12-26-17)9-4-10-22/h5,7,22H,3-4,6,8-12H2,1-2H3/p+1. The quantitative estimate of drug-likeness (QED) is 0.547. The molecule has 0 spiro atoms. The highest BCUT2D eigenvalue weighted by atomic mass is 16.5. The molecule has 0 amide bonds. The molecule has 2 heterocycles. The van der Waals surface area contributed by atoms with E-state index in [1.54, 1.807) is 6.92 Å². The lowest BCUT2D eigenvalue weighted by molar-refractivity contribution is -0.932. The van der Waals surface area contributed by atoms with Crippen molar-refractivity contribution in [3.8, 4) is 5.75 Å². The van der Waals surface area contributed by atoms with E-state index in [-0.39, 0.29) is 19.0 Å². The van der Waals surface area contributed by atoms with Crippen LogP contribution in [0.1, 0.15) is 36.5 Å². The molecular weight excluding hydrogens is 350 g/mol. The van der Waals surface area contributed by atoms with Crippen molar-refractivity contribution >= 4 is 16.9 Å². The smallest absolute Gasteiger partial charge is 0.339 e. The highest BCUT2D eigenvalue weighted by Crippen LogP contribution is 2.31. The van der Waals surface area contributed by atoms with Gasteiger partial charge < -0.3 is 19.0 Å². The number of carbonyl (C=O) groups is 1. The molecular formula is C20H26NO6+. The summed E-state index contributed by atoms with van der Waals surface area (Å²) in [7, 11) is 0. The molecule has 1 aliphatic heterocycles. The molecule has 1 aliphatic rings. The van der Waals surface area contributed by atoms with Gasteiger partial charge in [0.05, 0.1) is 18.7 Å². The van der Waals surface area contributed by atoms with Gasteiger partial charge >= 0.3 is 11.6 Å². The molecule has 3 rings (SSSR count). The summed E-state index contributed by atoms with van der Waals surface area (Å²) in [5.74, 6) is 0.412. The Kier molecular flexibility index (Phi) is 6.13. The first-order chi connectivity index (χ1) is 13.0. The van der Waals surface area contributed by atoms with Gasteiger partial charge in [0.15, 0.2) is 5.58 Å². The number of rotatable bonds is 7. The van der Waals surface area contributed by atoms with Gasteiger partial charge in [0.2, 0.25) is 6.73 Å². The third kappa shape index (κ3) is 4.14. The molecule has 7 heteroatoms. The summed E-state index contributed by atoms with van der Waals surface area (Å²) in [5.41, 5.74) is 2.35. The van der Waals surface area contributed by atoms with Crippen LogP contribution in [-0.4, -0.2) is 37.6 Å². The van der Waals surface area contributed by atoms with E-state index in [9.17, 15) is 9.59 Å². The molecule has 0 aliphatic carbocycles. The molecule has 0 radical (unpaired) electrons. The van der Waals surface area contributed by atoms with Crippen LogP contribution in [0.25, 0.3) is 11.0 Å². The number of aryl methyl sites for hydroxylation is 1. The van der Waals surface area contributed by atoms with Gasteiger partial charge in [-0.1, -0.05) is 0 Å². The molecule has 27 heavy (non-hydrogen) atoms. The van der Waals surface area contributed by atoms with Crippen LogP contribution in [0.2, 0.25) is 0 Å². The number of fused-ring (bicyclic) bond motifs is 3. The van der Waals surface area contributed by atoms with Crippen LogP contribution in [-0.2, 0) is 22.5 Å². The van der Waals surface area contributed by atoms with E-state index in [1.165, 1.54) is 4.90 Å². The van der Waals surface area contributed by atoms with Crippen molar-refractivity contribution in [2.45, 2.75) is 39.7 Å². The average molecular weight is 376 g/mol. The first-order valence-corrected chi connectivity index (χ1v) is 9.36. The minimum Gasteiger partial charge on any atom is -0.466 e. The predicted octanol–water partition coefficient (Wildman–Crippen LogP) is 0.714. The van der Waals surface area contributed by atoms with Crippen molar-refractivity contribution in [1.82, 2.24) is 0 Å². The first kappa shape index (κ1) is 19.4. The second-order valence-corrected chi connectivity index (χ2v) is 6.76. The monoisotopic (exact) mass is 376 g/mol. The first-order valence-electron chi connectivity index (χ1n) is 9.36. The van der Waals surface area contributed by atoms with Crippen LogP contribution in [0, 0.1) is 6.92 Å². The number of hydrogen-bond acceptors (Lipinski definition) is 6. The van der Waals surface area contributed by atoms with E-state index in [1.807, 2.05) is 19.1 Å². The number of aliphatic hydroxyl groups is 1. The maximum absolute atomic E-state index is 12.6. The molecule has 0 saturated heterocycles. The van der Waals surface area contributed by atoms with Crippen molar-refractivity contribution in [2.24, 2.45) is 0 Å². The molecule has 0 saturated carbocycles. The Morgan fingerprint density at radius 3 is 2.93 bits per heavy atom. The van der Waals surface area contributed by atoms with Gasteiger partial charge in [-0.3, -0.25) is 9.69 Å². The van der Waals surface area contributed by atoms with Gasteiger partial charge in [-0.2, -0.15) is 0 Å². The zero-order valence-corrected chi connectivity index (χ0v) is 15.8. The van der Waals surface area contributed by atoms with Crippen molar-refractivity contribution in [2.75, 3.05) is 26.5 Å². The molecule has 1 atom stereocenters. The van der Waals surface area contributed by atoms with Crippen molar-refractivity contribution in [1.29, 1.82) is 0 Å². The van der Waals surface area contributed by atoms with E-state index in [0.29, 0.717) is 43.9 Å². The van der Waals surface area contributed by atoms with E-state index in [0.717, 1.165) is 28.8 Å². The number of benzene rings is 1. The minimum absolute atomic E-state index is 0.143. The second-order valence-electron chi connectivity index (χ2n) is 6.76. The van der Waals surface area contributed by atoms with Crippen LogP contribution in [0.3, 0.4) is 0 Å². The van der Waals surface area contributed by atoms with Gasteiger partial charge in [0, 0.05) is 30.4 Å². The molecule has 7 nitrogen and oxygen atoms in total. The van der Waals surface area contributed by atoms with Gasteiger partial charge in [-0.25, -0.2) is 4.79 Å². The number of carbonyl (C=O) groups excluding carboxylic acids is 1. The summed E-state index contributed by atoms with van der Waals surface area (Å²) >= 11 is 0. The summed E-state index contributed by atoms with van der Waals surface area (Å²) in [4.78, 5) is 25.4. The number of nitrogens with one attached hydrogen (secondary N) is 1. The van der Waals surface area contributed by atoms with Crippen LogP contribution >= 0.6 is 0 Å². The number of esters is 1. The predicted molar refractivity (Wildman–Crippen MR) is 98.9 cm³/mol. The minimum atomic E-state index is -0.416. The van der Waals surface area contributed by atoms with E-state index >= 15 is 0 Å². The molecule has 1 aromatic carbocycles. The average Bonchev–Trinajstić information content (AvgIpc) is 2.66. The number of ether oxygens (including phenoxy) is 2. The van der Waals surface area contributed by atoms with Crippen molar-refractivity contribution in [3.63, 3.8) is 0 Å². The molecule has 0 fully saturated rings. The Bertz CT molecular complexity index is 888. The molecule has 1 unspecified atom stereocenters. The molecule has 146 valence electrons. The number of quaternary nitrogens is 1. The Labute approximate surface area is 157 Å². The van der Waals surface area contributed by atoms with E-state index in [2.05, 4.69) is 0 Å².